The minimum absolute atomic E-state index is 0.0798. The molecule has 3 nitrogen and oxygen atoms in total. The smallest absolute Gasteiger partial charge is 0.0793 e. The lowest BCUT2D eigenvalue weighted by molar-refractivity contribution is -0.0369. The fourth-order valence-electron chi connectivity index (χ4n) is 2.00. The maximum atomic E-state index is 9.06. The molecule has 2 rings (SSSR count). The average molecular weight is 171 g/mol. The number of hydrogen-bond acceptors (Lipinski definition) is 3. The van der Waals surface area contributed by atoms with Crippen LogP contribution in [0.1, 0.15) is 19.8 Å². The summed E-state index contributed by atoms with van der Waals surface area (Å²) in [4.78, 5) is 2.26. The number of nitrogens with zero attached hydrogens (tertiary/aromatic N) is 1. The maximum absolute atomic E-state index is 9.06. The zero-order valence-electron chi connectivity index (χ0n) is 7.57. The molecule has 2 heterocycles. The van der Waals surface area contributed by atoms with Crippen molar-refractivity contribution in [2.45, 2.75) is 38.1 Å². The van der Waals surface area contributed by atoms with Crippen LogP contribution in [-0.2, 0) is 4.74 Å². The van der Waals surface area contributed by atoms with Gasteiger partial charge in [-0.1, -0.05) is 0 Å². The molecule has 12 heavy (non-hydrogen) atoms. The van der Waals surface area contributed by atoms with E-state index in [0.29, 0.717) is 12.2 Å². The third-order valence-corrected chi connectivity index (χ3v) is 2.72. The predicted octanol–water partition coefficient (Wildman–Crippen LogP) is 0.230. The Bertz CT molecular complexity index is 157. The maximum Gasteiger partial charge on any atom is 0.0793 e. The van der Waals surface area contributed by atoms with Crippen LogP contribution in [-0.4, -0.2) is 48.0 Å². The van der Waals surface area contributed by atoms with E-state index in [1.807, 2.05) is 0 Å². The van der Waals surface area contributed by atoms with Crippen LogP contribution in [0.15, 0.2) is 0 Å². The molecule has 2 atom stereocenters. The van der Waals surface area contributed by atoms with E-state index in [2.05, 4.69) is 11.8 Å². The van der Waals surface area contributed by atoms with Gasteiger partial charge in [-0.25, -0.2) is 0 Å². The Hall–Kier alpha value is -0.120. The molecular formula is C9H17NO2. The van der Waals surface area contributed by atoms with Crippen molar-refractivity contribution in [1.82, 2.24) is 4.90 Å². The molecule has 0 amide bonds. The lowest BCUT2D eigenvalue weighted by atomic mass is 10.1. The second-order valence-corrected chi connectivity index (χ2v) is 4.02. The van der Waals surface area contributed by atoms with Crippen LogP contribution in [0.4, 0.5) is 0 Å². The highest BCUT2D eigenvalue weighted by atomic mass is 16.5. The molecule has 3 heteroatoms. The third-order valence-electron chi connectivity index (χ3n) is 2.72. The van der Waals surface area contributed by atoms with Gasteiger partial charge in [0.25, 0.3) is 0 Å². The van der Waals surface area contributed by atoms with Crippen LogP contribution < -0.4 is 0 Å². The number of likely N-dealkylation sites (tertiary alicyclic amines) is 1. The molecule has 0 bridgehead atoms. The van der Waals surface area contributed by atoms with Crippen LogP contribution in [0.3, 0.4) is 0 Å². The van der Waals surface area contributed by atoms with Gasteiger partial charge in [0.15, 0.2) is 0 Å². The molecule has 0 spiro atoms. The van der Waals surface area contributed by atoms with Gasteiger partial charge in [-0.3, -0.25) is 4.90 Å². The Morgan fingerprint density at radius 2 is 2.17 bits per heavy atom. The summed E-state index contributed by atoms with van der Waals surface area (Å²) < 4.78 is 5.68. The van der Waals surface area contributed by atoms with E-state index in [0.717, 1.165) is 19.6 Å². The normalized spacial score (nSPS) is 38.5. The number of rotatable bonds is 2. The molecule has 2 unspecified atom stereocenters. The number of aliphatic hydroxyl groups excluding tert-OH is 1. The van der Waals surface area contributed by atoms with Crippen LogP contribution in [0.25, 0.3) is 0 Å². The van der Waals surface area contributed by atoms with E-state index in [9.17, 15) is 0 Å². The van der Waals surface area contributed by atoms with E-state index < -0.39 is 0 Å². The first-order valence-electron chi connectivity index (χ1n) is 4.80. The van der Waals surface area contributed by atoms with Crippen LogP contribution in [0, 0.1) is 0 Å². The summed E-state index contributed by atoms with van der Waals surface area (Å²) in [5.41, 5.74) is 0. The summed E-state index contributed by atoms with van der Waals surface area (Å²) in [5, 5.41) is 9.06. The van der Waals surface area contributed by atoms with Crippen LogP contribution in [0.5, 0.6) is 0 Å². The molecule has 0 aromatic heterocycles. The minimum Gasteiger partial charge on any atom is -0.390 e. The molecule has 1 N–H and O–H groups in total. The van der Waals surface area contributed by atoms with Gasteiger partial charge in [-0.05, 0) is 19.8 Å². The van der Waals surface area contributed by atoms with Crippen molar-refractivity contribution in [2.75, 3.05) is 19.6 Å². The molecule has 2 aliphatic heterocycles. The standard InChI is InChI=1S/C9H17NO2/c1-7-2-3-9(12-7)6-10-4-8(11)5-10/h7-9,11H,2-6H2,1H3. The topological polar surface area (TPSA) is 32.7 Å². The number of ether oxygens (including phenoxy) is 1. The van der Waals surface area contributed by atoms with Gasteiger partial charge in [0, 0.05) is 19.6 Å². The van der Waals surface area contributed by atoms with Crippen molar-refractivity contribution in [3.8, 4) is 0 Å². The predicted molar refractivity (Wildman–Crippen MR) is 46.0 cm³/mol. The largest absolute Gasteiger partial charge is 0.390 e. The lowest BCUT2D eigenvalue weighted by Gasteiger charge is -2.37. The third kappa shape index (κ3) is 1.79. The monoisotopic (exact) mass is 171 g/mol. The summed E-state index contributed by atoms with van der Waals surface area (Å²) in [6.45, 7) is 4.83. The van der Waals surface area contributed by atoms with Crippen LogP contribution in [0.2, 0.25) is 0 Å². The summed E-state index contributed by atoms with van der Waals surface area (Å²) >= 11 is 0. The first-order valence-corrected chi connectivity index (χ1v) is 4.80. The first kappa shape index (κ1) is 8.48. The van der Waals surface area contributed by atoms with Gasteiger partial charge >= 0.3 is 0 Å². The van der Waals surface area contributed by atoms with E-state index in [1.165, 1.54) is 12.8 Å². The zero-order chi connectivity index (χ0) is 8.55. The van der Waals surface area contributed by atoms with Crippen molar-refractivity contribution in [2.24, 2.45) is 0 Å². The van der Waals surface area contributed by atoms with Gasteiger partial charge in [-0.2, -0.15) is 0 Å². The Kier molecular flexibility index (Phi) is 2.35. The molecule has 0 aromatic rings. The highest BCUT2D eigenvalue weighted by Gasteiger charge is 2.29. The summed E-state index contributed by atoms with van der Waals surface area (Å²) in [5.74, 6) is 0. The molecule has 2 fully saturated rings. The number of β-amino-alcohol motifs (C(OH)–C–C–N with tert-alkyl or cyclic N) is 1. The summed E-state index contributed by atoms with van der Waals surface area (Å²) in [6, 6.07) is 0. The van der Waals surface area contributed by atoms with Crippen molar-refractivity contribution < 1.29 is 9.84 Å². The Balaban J connectivity index is 1.67. The average Bonchev–Trinajstić information content (AvgIpc) is 2.33. The molecule has 70 valence electrons. The van der Waals surface area contributed by atoms with Gasteiger partial charge in [0.05, 0.1) is 18.3 Å². The molecule has 0 radical (unpaired) electrons. The summed E-state index contributed by atoms with van der Waals surface area (Å²) in [6.07, 6.45) is 3.17. The Labute approximate surface area is 73.3 Å². The second-order valence-electron chi connectivity index (χ2n) is 4.02. The van der Waals surface area contributed by atoms with E-state index in [1.54, 1.807) is 0 Å². The van der Waals surface area contributed by atoms with E-state index in [-0.39, 0.29) is 6.10 Å². The first-order chi connectivity index (χ1) is 5.74. The molecule has 0 saturated carbocycles. The fraction of sp³-hybridized carbons (Fsp3) is 1.00. The lowest BCUT2D eigenvalue weighted by Crippen LogP contribution is -2.53. The van der Waals surface area contributed by atoms with Gasteiger partial charge in [0.2, 0.25) is 0 Å². The quantitative estimate of drug-likeness (QED) is 0.645. The summed E-state index contributed by atoms with van der Waals surface area (Å²) in [7, 11) is 0. The van der Waals surface area contributed by atoms with Crippen molar-refractivity contribution in [3.05, 3.63) is 0 Å². The zero-order valence-corrected chi connectivity index (χ0v) is 7.57. The number of hydrogen-bond donors (Lipinski definition) is 1. The second kappa shape index (κ2) is 3.32. The molecule has 0 aromatic carbocycles. The van der Waals surface area contributed by atoms with Crippen LogP contribution >= 0.6 is 0 Å². The van der Waals surface area contributed by atoms with Gasteiger partial charge in [0.1, 0.15) is 0 Å². The Morgan fingerprint density at radius 3 is 2.67 bits per heavy atom. The van der Waals surface area contributed by atoms with E-state index in [4.69, 9.17) is 9.84 Å². The fourth-order valence-corrected chi connectivity index (χ4v) is 2.00. The molecule has 2 saturated heterocycles. The SMILES string of the molecule is CC1CCC(CN2CC(O)C2)O1. The van der Waals surface area contributed by atoms with E-state index >= 15 is 0 Å². The van der Waals surface area contributed by atoms with Gasteiger partial charge in [-0.15, -0.1) is 0 Å². The highest BCUT2D eigenvalue weighted by molar-refractivity contribution is 4.83. The molecule has 0 aliphatic carbocycles. The van der Waals surface area contributed by atoms with Crippen molar-refractivity contribution in [3.63, 3.8) is 0 Å². The van der Waals surface area contributed by atoms with Crippen molar-refractivity contribution >= 4 is 0 Å². The molecular weight excluding hydrogens is 154 g/mol. The van der Waals surface area contributed by atoms with Crippen molar-refractivity contribution in [1.29, 1.82) is 0 Å². The van der Waals surface area contributed by atoms with Gasteiger partial charge < -0.3 is 9.84 Å². The highest BCUT2D eigenvalue weighted by Crippen LogP contribution is 2.21. The number of aliphatic hydroxyl groups is 1. The molecule has 2 aliphatic rings. The minimum atomic E-state index is -0.0798. The Morgan fingerprint density at radius 1 is 1.42 bits per heavy atom.